The summed E-state index contributed by atoms with van der Waals surface area (Å²) in [5.74, 6) is 0.945. The molecule has 186 valence electrons. The molecule has 1 fully saturated rings. The molecule has 2 aromatic carbocycles. The lowest BCUT2D eigenvalue weighted by Gasteiger charge is -2.28. The number of carbonyl (C=O) groups is 1. The van der Waals surface area contributed by atoms with Crippen molar-refractivity contribution in [3.63, 3.8) is 0 Å². The van der Waals surface area contributed by atoms with Crippen LogP contribution >= 0.6 is 0 Å². The van der Waals surface area contributed by atoms with Gasteiger partial charge in [0.15, 0.2) is 5.78 Å². The molecule has 0 aliphatic carbocycles. The minimum Gasteiger partial charge on any atom is -0.489 e. The summed E-state index contributed by atoms with van der Waals surface area (Å²) in [6, 6.07) is 12.5. The first-order valence-corrected chi connectivity index (χ1v) is 12.1. The summed E-state index contributed by atoms with van der Waals surface area (Å²) >= 11 is 0. The molecular weight excluding hydrogens is 458 g/mol. The van der Waals surface area contributed by atoms with Crippen LogP contribution in [-0.2, 0) is 13.1 Å². The van der Waals surface area contributed by atoms with E-state index in [9.17, 15) is 9.59 Å². The van der Waals surface area contributed by atoms with Crippen molar-refractivity contribution < 1.29 is 9.53 Å². The Morgan fingerprint density at radius 3 is 2.58 bits per heavy atom. The van der Waals surface area contributed by atoms with Crippen molar-refractivity contribution in [1.82, 2.24) is 34.8 Å². The van der Waals surface area contributed by atoms with Crippen molar-refractivity contribution in [2.24, 2.45) is 0 Å². The standard InChI is InChI=1S/C26H29N7O3/c1-18(2)36-24-8-7-19(23(34)16-32-28-9-10-29-32)15-22(24)33-25(17-31-13-11-27-12-14-31)30-21-6-4-3-5-20(21)26(33)35/h3-10,15,18,27H,11-14,16-17H2,1-2H3. The number of ether oxygens (including phenoxy) is 1. The van der Waals surface area contributed by atoms with Gasteiger partial charge in [0.2, 0.25) is 0 Å². The van der Waals surface area contributed by atoms with Gasteiger partial charge in [0, 0.05) is 31.7 Å². The molecule has 1 aliphatic rings. The summed E-state index contributed by atoms with van der Waals surface area (Å²) in [7, 11) is 0. The van der Waals surface area contributed by atoms with E-state index in [0.29, 0.717) is 40.3 Å². The maximum absolute atomic E-state index is 13.9. The van der Waals surface area contributed by atoms with Gasteiger partial charge in [-0.3, -0.25) is 19.1 Å². The molecule has 36 heavy (non-hydrogen) atoms. The maximum Gasteiger partial charge on any atom is 0.266 e. The fourth-order valence-corrected chi connectivity index (χ4v) is 4.37. The quantitative estimate of drug-likeness (QED) is 0.377. The molecule has 0 spiro atoms. The van der Waals surface area contributed by atoms with Gasteiger partial charge in [0.25, 0.3) is 5.56 Å². The SMILES string of the molecule is CC(C)Oc1ccc(C(=O)Cn2nccn2)cc1-n1c(CN2CCNCC2)nc2ccccc2c1=O. The number of nitrogens with zero attached hydrogens (tertiary/aromatic N) is 6. The van der Waals surface area contributed by atoms with Crippen molar-refractivity contribution in [2.45, 2.75) is 33.0 Å². The van der Waals surface area contributed by atoms with Gasteiger partial charge in [-0.25, -0.2) is 4.98 Å². The van der Waals surface area contributed by atoms with Gasteiger partial charge in [0.05, 0.1) is 41.6 Å². The number of ketones is 1. The van der Waals surface area contributed by atoms with Gasteiger partial charge in [-0.1, -0.05) is 12.1 Å². The number of Topliss-reactive ketones (excluding diaryl/α,β-unsaturated/α-hetero) is 1. The Balaban J connectivity index is 1.66. The second-order valence-electron chi connectivity index (χ2n) is 9.04. The van der Waals surface area contributed by atoms with Gasteiger partial charge < -0.3 is 10.1 Å². The highest BCUT2D eigenvalue weighted by atomic mass is 16.5. The van der Waals surface area contributed by atoms with E-state index in [2.05, 4.69) is 20.4 Å². The van der Waals surface area contributed by atoms with E-state index in [1.807, 2.05) is 32.0 Å². The Labute approximate surface area is 208 Å². The molecular formula is C26H29N7O3. The Bertz CT molecular complexity index is 1420. The molecule has 1 saturated heterocycles. The fourth-order valence-electron chi connectivity index (χ4n) is 4.37. The summed E-state index contributed by atoms with van der Waals surface area (Å²) in [5.41, 5.74) is 1.38. The lowest BCUT2D eigenvalue weighted by molar-refractivity contribution is 0.0962. The summed E-state index contributed by atoms with van der Waals surface area (Å²) in [6.07, 6.45) is 2.93. The molecule has 5 rings (SSSR count). The van der Waals surface area contributed by atoms with Crippen LogP contribution in [0.3, 0.4) is 0 Å². The summed E-state index contributed by atoms with van der Waals surface area (Å²) in [5, 5.41) is 11.9. The number of nitrogens with one attached hydrogen (secondary N) is 1. The first-order chi connectivity index (χ1) is 17.5. The van der Waals surface area contributed by atoms with Crippen LogP contribution < -0.4 is 15.6 Å². The van der Waals surface area contributed by atoms with Crippen LogP contribution in [0, 0.1) is 0 Å². The fraction of sp³-hybridized carbons (Fsp3) is 0.346. The third kappa shape index (κ3) is 5.05. The molecule has 1 N–H and O–H groups in total. The highest BCUT2D eigenvalue weighted by molar-refractivity contribution is 5.96. The summed E-state index contributed by atoms with van der Waals surface area (Å²) < 4.78 is 7.70. The molecule has 0 amide bonds. The van der Waals surface area contributed by atoms with Crippen molar-refractivity contribution in [1.29, 1.82) is 0 Å². The predicted octanol–water partition coefficient (Wildman–Crippen LogP) is 2.05. The molecule has 0 saturated carbocycles. The van der Waals surface area contributed by atoms with Crippen LogP contribution in [0.1, 0.15) is 30.0 Å². The van der Waals surface area contributed by atoms with E-state index >= 15 is 0 Å². The van der Waals surface area contributed by atoms with Crippen LogP contribution in [0.15, 0.2) is 59.7 Å². The van der Waals surface area contributed by atoms with E-state index in [-0.39, 0.29) is 24.0 Å². The predicted molar refractivity (Wildman–Crippen MR) is 136 cm³/mol. The van der Waals surface area contributed by atoms with E-state index in [1.165, 1.54) is 17.2 Å². The number of fused-ring (bicyclic) bond motifs is 1. The molecule has 1 aliphatic heterocycles. The number of hydrogen-bond acceptors (Lipinski definition) is 8. The molecule has 0 radical (unpaired) electrons. The van der Waals surface area contributed by atoms with Gasteiger partial charge in [-0.2, -0.15) is 15.0 Å². The van der Waals surface area contributed by atoms with E-state index in [4.69, 9.17) is 9.72 Å². The van der Waals surface area contributed by atoms with Gasteiger partial charge in [0.1, 0.15) is 18.1 Å². The Morgan fingerprint density at radius 1 is 1.08 bits per heavy atom. The average molecular weight is 488 g/mol. The maximum atomic E-state index is 13.9. The minimum atomic E-state index is -0.197. The van der Waals surface area contributed by atoms with Crippen molar-refractivity contribution >= 4 is 16.7 Å². The van der Waals surface area contributed by atoms with Gasteiger partial charge in [-0.05, 0) is 44.2 Å². The van der Waals surface area contributed by atoms with Crippen molar-refractivity contribution in [3.05, 3.63) is 76.6 Å². The van der Waals surface area contributed by atoms with E-state index in [0.717, 1.165) is 26.2 Å². The van der Waals surface area contributed by atoms with Crippen molar-refractivity contribution in [3.8, 4) is 11.4 Å². The summed E-state index contributed by atoms with van der Waals surface area (Å²) in [6.45, 7) is 7.81. The highest BCUT2D eigenvalue weighted by Crippen LogP contribution is 2.27. The van der Waals surface area contributed by atoms with Crippen LogP contribution in [0.2, 0.25) is 0 Å². The minimum absolute atomic E-state index is 0.00463. The monoisotopic (exact) mass is 487 g/mol. The van der Waals surface area contributed by atoms with Crippen LogP contribution in [0.4, 0.5) is 0 Å². The average Bonchev–Trinajstić information content (AvgIpc) is 3.38. The number of hydrogen-bond donors (Lipinski definition) is 1. The van der Waals surface area contributed by atoms with Crippen LogP contribution in [0.5, 0.6) is 5.75 Å². The Morgan fingerprint density at radius 2 is 1.83 bits per heavy atom. The molecule has 0 bridgehead atoms. The molecule has 3 heterocycles. The normalized spacial score (nSPS) is 14.4. The summed E-state index contributed by atoms with van der Waals surface area (Å²) in [4.78, 5) is 35.5. The lowest BCUT2D eigenvalue weighted by Crippen LogP contribution is -2.44. The third-order valence-electron chi connectivity index (χ3n) is 6.06. The zero-order chi connectivity index (χ0) is 25.1. The number of benzene rings is 2. The first kappa shape index (κ1) is 23.8. The molecule has 10 heteroatoms. The second kappa shape index (κ2) is 10.4. The number of para-hydroxylation sites is 1. The molecule has 0 unspecified atom stereocenters. The van der Waals surface area contributed by atoms with E-state index in [1.54, 1.807) is 28.8 Å². The first-order valence-electron chi connectivity index (χ1n) is 12.1. The zero-order valence-electron chi connectivity index (χ0n) is 20.4. The van der Waals surface area contributed by atoms with Crippen LogP contribution in [-0.4, -0.2) is 67.5 Å². The zero-order valence-corrected chi connectivity index (χ0v) is 20.4. The molecule has 0 atom stereocenters. The molecule has 4 aromatic rings. The smallest absolute Gasteiger partial charge is 0.266 e. The Kier molecular flexibility index (Phi) is 6.88. The highest BCUT2D eigenvalue weighted by Gasteiger charge is 2.21. The van der Waals surface area contributed by atoms with Gasteiger partial charge in [-0.15, -0.1) is 0 Å². The lowest BCUT2D eigenvalue weighted by atomic mass is 10.1. The largest absolute Gasteiger partial charge is 0.489 e. The number of aromatic nitrogens is 5. The number of carbonyl (C=O) groups excluding carboxylic acids is 1. The van der Waals surface area contributed by atoms with Gasteiger partial charge >= 0.3 is 0 Å². The number of rotatable bonds is 8. The Hall–Kier alpha value is -3.89. The van der Waals surface area contributed by atoms with Crippen molar-refractivity contribution in [2.75, 3.05) is 26.2 Å². The second-order valence-corrected chi connectivity index (χ2v) is 9.04. The third-order valence-corrected chi connectivity index (χ3v) is 6.06. The molecule has 10 nitrogen and oxygen atoms in total. The topological polar surface area (TPSA) is 107 Å². The van der Waals surface area contributed by atoms with Crippen LogP contribution in [0.25, 0.3) is 16.6 Å². The van der Waals surface area contributed by atoms with E-state index < -0.39 is 0 Å². The number of piperazine rings is 1. The molecule has 2 aromatic heterocycles.